The van der Waals surface area contributed by atoms with E-state index < -0.39 is 18.9 Å². The van der Waals surface area contributed by atoms with Crippen molar-refractivity contribution in [3.8, 4) is 22.8 Å². The van der Waals surface area contributed by atoms with E-state index in [4.69, 9.17) is 5.48 Å². The van der Waals surface area contributed by atoms with Crippen LogP contribution in [0.1, 0.15) is 47.3 Å². The molecule has 9 heteroatoms. The van der Waals surface area contributed by atoms with Crippen molar-refractivity contribution < 1.29 is 14.7 Å². The number of aromatic nitrogens is 5. The molecule has 8 nitrogen and oxygen atoms in total. The molecule has 1 fully saturated rings. The second-order valence-corrected chi connectivity index (χ2v) is 8.44. The fourth-order valence-electron chi connectivity index (χ4n) is 3.88. The maximum atomic E-state index is 13.5. The minimum Gasteiger partial charge on any atom is -0.333 e. The molecule has 1 amide bonds. The molecule has 0 aliphatic carbocycles. The lowest BCUT2D eigenvalue weighted by Crippen LogP contribution is -2.41. The molecule has 0 atom stereocenters. The Bertz CT molecular complexity index is 1450. The predicted octanol–water partition coefficient (Wildman–Crippen LogP) is 4.34. The number of hydrogen-bond acceptors (Lipinski definition) is 5. The number of nitrogens with zero attached hydrogens (tertiary/aromatic N) is 5. The zero-order valence-corrected chi connectivity index (χ0v) is 18.7. The summed E-state index contributed by atoms with van der Waals surface area (Å²) >= 11 is 0. The van der Waals surface area contributed by atoms with E-state index in [-0.39, 0.29) is 17.4 Å². The molecule has 1 aliphatic heterocycles. The summed E-state index contributed by atoms with van der Waals surface area (Å²) < 4.78 is 46.0. The van der Waals surface area contributed by atoms with Crippen LogP contribution in [0, 0.1) is 5.82 Å². The second kappa shape index (κ2) is 8.83. The van der Waals surface area contributed by atoms with Crippen molar-refractivity contribution in [1.82, 2.24) is 29.4 Å². The zero-order chi connectivity index (χ0) is 27.2. The van der Waals surface area contributed by atoms with Gasteiger partial charge in [-0.1, -0.05) is 6.07 Å². The third-order valence-corrected chi connectivity index (χ3v) is 5.79. The molecule has 174 valence electrons. The smallest absolute Gasteiger partial charge is 0.274 e. The lowest BCUT2D eigenvalue weighted by atomic mass is 9.93. The maximum Gasteiger partial charge on any atom is 0.274 e. The lowest BCUT2D eigenvalue weighted by Gasteiger charge is -2.36. The molecule has 2 N–H and O–H groups in total. The molecule has 0 unspecified atom stereocenters. The monoisotopic (exact) mass is 463 g/mol. The maximum absolute atomic E-state index is 13.5. The lowest BCUT2D eigenvalue weighted by molar-refractivity contribution is 0.102. The Balaban J connectivity index is 1.34. The Morgan fingerprint density at radius 3 is 2.65 bits per heavy atom. The van der Waals surface area contributed by atoms with E-state index in [0.29, 0.717) is 41.7 Å². The Hall–Kier alpha value is -3.85. The Morgan fingerprint density at radius 1 is 1.18 bits per heavy atom. The first-order chi connectivity index (χ1) is 17.9. The topological polar surface area (TPSA) is 91.7 Å². The molecule has 0 bridgehead atoms. The van der Waals surface area contributed by atoms with Gasteiger partial charge in [0.15, 0.2) is 5.82 Å². The average Bonchev–Trinajstić information content (AvgIpc) is 3.46. The largest absolute Gasteiger partial charge is 0.333 e. The summed E-state index contributed by atoms with van der Waals surface area (Å²) in [6.45, 7) is 2.18. The number of benzene rings is 1. The third-order valence-electron chi connectivity index (χ3n) is 5.79. The summed E-state index contributed by atoms with van der Waals surface area (Å²) in [6, 6.07) is 8.27. The fraction of sp³-hybridized carbons (Fsp3) is 0.280. The van der Waals surface area contributed by atoms with Gasteiger partial charge in [0.25, 0.3) is 5.91 Å². The quantitative estimate of drug-likeness (QED) is 0.444. The summed E-state index contributed by atoms with van der Waals surface area (Å²) in [5, 5.41) is 2.73. The van der Waals surface area contributed by atoms with Crippen molar-refractivity contribution in [2.24, 2.45) is 0 Å². The van der Waals surface area contributed by atoms with Gasteiger partial charge in [-0.2, -0.15) is 0 Å². The van der Waals surface area contributed by atoms with Gasteiger partial charge >= 0.3 is 0 Å². The first-order valence-corrected chi connectivity index (χ1v) is 10.8. The summed E-state index contributed by atoms with van der Waals surface area (Å²) in [4.78, 5) is 30.5. The van der Waals surface area contributed by atoms with Gasteiger partial charge in [0.1, 0.15) is 23.0 Å². The molecule has 0 saturated carbocycles. The van der Waals surface area contributed by atoms with Crippen LogP contribution in [0.25, 0.3) is 22.8 Å². The molecule has 34 heavy (non-hydrogen) atoms. The number of amides is 1. The second-order valence-electron chi connectivity index (χ2n) is 8.44. The van der Waals surface area contributed by atoms with Gasteiger partial charge < -0.3 is 19.8 Å². The van der Waals surface area contributed by atoms with Gasteiger partial charge in [-0.3, -0.25) is 4.79 Å². The number of H-pyrrole nitrogens is 1. The number of likely N-dealkylation sites (N-methyl/N-ethyl adjacent to an activating group) is 1. The number of rotatable bonds is 6. The van der Waals surface area contributed by atoms with E-state index >= 15 is 0 Å². The first kappa shape index (κ1) is 17.6. The number of carbonyl (C=O) groups excluding carboxylic acids is 1. The van der Waals surface area contributed by atoms with Gasteiger partial charge in [-0.25, -0.2) is 19.3 Å². The minimum atomic E-state index is -2.09. The summed E-state index contributed by atoms with van der Waals surface area (Å²) in [5.41, 5.74) is 2.72. The van der Waals surface area contributed by atoms with E-state index in [1.807, 2.05) is 6.07 Å². The number of aromatic amines is 1. The highest BCUT2D eigenvalue weighted by Crippen LogP contribution is 2.32. The first-order valence-electron chi connectivity index (χ1n) is 12.8. The molecule has 1 saturated heterocycles. The van der Waals surface area contributed by atoms with E-state index in [2.05, 4.69) is 25.3 Å². The van der Waals surface area contributed by atoms with Crippen LogP contribution >= 0.6 is 0 Å². The van der Waals surface area contributed by atoms with E-state index in [1.165, 1.54) is 29.6 Å². The van der Waals surface area contributed by atoms with Crippen LogP contribution in [0.15, 0.2) is 55.1 Å². The predicted molar refractivity (Wildman–Crippen MR) is 128 cm³/mol. The molecule has 3 aromatic heterocycles. The number of hydrogen-bond donors (Lipinski definition) is 2. The van der Waals surface area contributed by atoms with Crippen molar-refractivity contribution in [3.05, 3.63) is 72.2 Å². The fourth-order valence-corrected chi connectivity index (χ4v) is 3.88. The summed E-state index contributed by atoms with van der Waals surface area (Å²) in [7, 11) is 0. The Kier molecular flexibility index (Phi) is 4.57. The van der Waals surface area contributed by atoms with Crippen molar-refractivity contribution in [2.45, 2.75) is 25.8 Å². The van der Waals surface area contributed by atoms with Gasteiger partial charge in [0, 0.05) is 40.9 Å². The Labute approximate surface area is 202 Å². The minimum absolute atomic E-state index is 0.0873. The highest BCUT2D eigenvalue weighted by Gasteiger charge is 2.25. The highest BCUT2D eigenvalue weighted by molar-refractivity contribution is 6.02. The normalized spacial score (nSPS) is 16.8. The zero-order valence-electron chi connectivity index (χ0n) is 22.7. The van der Waals surface area contributed by atoms with Crippen molar-refractivity contribution in [1.29, 1.82) is 0 Å². The van der Waals surface area contributed by atoms with Crippen LogP contribution in [-0.4, -0.2) is 55.4 Å². The van der Waals surface area contributed by atoms with E-state index in [1.54, 1.807) is 42.8 Å². The van der Waals surface area contributed by atoms with Crippen molar-refractivity contribution >= 4 is 11.7 Å². The molecule has 1 aliphatic rings. The number of anilines is 1. The van der Waals surface area contributed by atoms with Crippen LogP contribution in [0.4, 0.5) is 10.2 Å². The molecule has 4 aromatic rings. The molecular formula is C25H26FN7O. The summed E-state index contributed by atoms with van der Waals surface area (Å²) in [6.07, 6.45) is 4.55. The molecule has 1 aromatic carbocycles. The van der Waals surface area contributed by atoms with Crippen LogP contribution in [0.5, 0.6) is 0 Å². The van der Waals surface area contributed by atoms with Crippen LogP contribution < -0.4 is 5.32 Å². The standard InChI is InChI=1S/C25H26FN7O/c1-15(2)33-14-29-22(16-4-7-19(26)8-5-16)23(33)24-28-11-20(30-24)25(34)31-21-9-6-17(10-27-21)18-12-32(3)13-18/h4-11,14-15,18H,12-13H2,1-3H3,(H,28,30)(H,27,31,34)/i3D3,15D. The number of imidazole rings is 2. The van der Waals surface area contributed by atoms with Crippen LogP contribution in [-0.2, 0) is 0 Å². The highest BCUT2D eigenvalue weighted by atomic mass is 19.1. The van der Waals surface area contributed by atoms with Gasteiger partial charge in [0.2, 0.25) is 0 Å². The van der Waals surface area contributed by atoms with Gasteiger partial charge in [-0.15, -0.1) is 0 Å². The number of pyridine rings is 1. The molecule has 0 spiro atoms. The average molecular weight is 464 g/mol. The SMILES string of the molecule is [2H]C([2H])([2H])N1CC(c2ccc(NC(=O)c3cnc(-c4c(-c5ccc(F)cc5)ncn4C([2H])(C)C)[nH]3)nc2)C1. The number of nitrogens with one attached hydrogen (secondary N) is 2. The molecule has 5 rings (SSSR count). The van der Waals surface area contributed by atoms with E-state index in [0.717, 1.165) is 5.56 Å². The van der Waals surface area contributed by atoms with E-state index in [9.17, 15) is 9.18 Å². The molecular weight excluding hydrogens is 433 g/mol. The molecule has 4 heterocycles. The third kappa shape index (κ3) is 4.22. The molecule has 0 radical (unpaired) electrons. The number of likely N-dealkylation sites (tertiary alicyclic amines) is 1. The van der Waals surface area contributed by atoms with Gasteiger partial charge in [0.05, 0.1) is 19.6 Å². The number of carbonyl (C=O) groups is 1. The van der Waals surface area contributed by atoms with Gasteiger partial charge in [-0.05, 0) is 56.7 Å². The Morgan fingerprint density at radius 2 is 1.97 bits per heavy atom. The summed E-state index contributed by atoms with van der Waals surface area (Å²) in [5.74, 6) is -0.0740. The van der Waals surface area contributed by atoms with Crippen LogP contribution in [0.3, 0.4) is 0 Å². The van der Waals surface area contributed by atoms with Crippen molar-refractivity contribution in [3.63, 3.8) is 0 Å². The van der Waals surface area contributed by atoms with Crippen LogP contribution in [0.2, 0.25) is 0 Å². The number of halogens is 1. The van der Waals surface area contributed by atoms with Crippen molar-refractivity contribution in [2.75, 3.05) is 25.4 Å².